The minimum absolute atomic E-state index is 0.00460. The minimum Gasteiger partial charge on any atom is -0.490 e. The fourth-order valence-electron chi connectivity index (χ4n) is 12.5. The first kappa shape index (κ1) is 79.3. The summed E-state index contributed by atoms with van der Waals surface area (Å²) in [5.41, 5.74) is 0.196. The molecular formula is C74H98N14O16S. The SMILES string of the molecule is CN[C@@H](C)C(=O)N[C@H](C(=O)N1C[C@@H]2C[C@H]1C(=O)N[C@@H](C)C(=O)N[C@H](C(=O)NS(=O)(=O)C1CC1)Cc1ccc(cc1)OCc1cn(nn1)[C@H]1C[C@@H](C(=O)N[C@@H](Cc3ccc4ccccc4c3)C(=O)N[C@H](C(=O)O)Cc3ccc(cc3)OC/C=C/CO2)N(C(=O)[C@@H](NC(=O)[C@H](C)NC)C(C)(C)C)C1)C(C)(C)C. The van der Waals surface area contributed by atoms with Gasteiger partial charge in [-0.05, 0) is 116 Å². The van der Waals surface area contributed by atoms with Gasteiger partial charge in [0.2, 0.25) is 57.3 Å². The second-order valence-electron chi connectivity index (χ2n) is 29.5. The Bertz CT molecular complexity index is 4140. The zero-order valence-corrected chi connectivity index (χ0v) is 61.9. The number of likely N-dealkylation sites (N-methyl/N-ethyl adjacent to an activating group) is 2. The largest absolute Gasteiger partial charge is 0.490 e. The average Bonchev–Trinajstić information content (AvgIpc) is 1.68. The number of likely N-dealkylation sites (tertiary alicyclic amines) is 2. The molecule has 12 rings (SSSR count). The number of carbonyl (C=O) groups excluding carboxylic acids is 9. The molecule has 30 nitrogen and oxygen atoms in total. The highest BCUT2D eigenvalue weighted by atomic mass is 32.2. The van der Waals surface area contributed by atoms with Gasteiger partial charge in [0, 0.05) is 45.2 Å². The fourth-order valence-corrected chi connectivity index (χ4v) is 13.9. The molecule has 10 bridgehead atoms. The first-order valence-electron chi connectivity index (χ1n) is 35.3. The lowest BCUT2D eigenvalue weighted by Gasteiger charge is -2.36. The highest BCUT2D eigenvalue weighted by molar-refractivity contribution is 7.91. The maximum absolute atomic E-state index is 15.2. The molecule has 7 aliphatic rings. The van der Waals surface area contributed by atoms with E-state index in [0.29, 0.717) is 46.7 Å². The van der Waals surface area contributed by atoms with Crippen LogP contribution in [-0.4, -0.2) is 210 Å². The van der Waals surface area contributed by atoms with Crippen molar-refractivity contribution in [3.8, 4) is 11.5 Å². The summed E-state index contributed by atoms with van der Waals surface area (Å²) in [6.07, 6.45) is 4.36. The van der Waals surface area contributed by atoms with Crippen molar-refractivity contribution in [2.75, 3.05) is 40.4 Å². The Kier molecular flexibility index (Phi) is 26.0. The van der Waals surface area contributed by atoms with Crippen LogP contribution in [0.5, 0.6) is 11.5 Å². The zero-order chi connectivity index (χ0) is 76.2. The number of nitrogens with zero attached hydrogens (tertiary/aromatic N) is 5. The van der Waals surface area contributed by atoms with Crippen molar-refractivity contribution in [3.05, 3.63) is 132 Å². The number of carbonyl (C=O) groups is 10. The molecule has 9 amide bonds. The Hall–Kier alpha value is -9.85. The third-order valence-corrected chi connectivity index (χ3v) is 21.1. The fraction of sp³-hybridized carbons (Fsp3) is 0.514. The van der Waals surface area contributed by atoms with Crippen molar-refractivity contribution in [3.63, 3.8) is 0 Å². The molecule has 0 spiro atoms. The van der Waals surface area contributed by atoms with E-state index in [1.54, 1.807) is 136 Å². The van der Waals surface area contributed by atoms with Crippen LogP contribution in [0.1, 0.15) is 116 Å². The van der Waals surface area contributed by atoms with Gasteiger partial charge in [-0.2, -0.15) is 0 Å². The van der Waals surface area contributed by atoms with E-state index in [4.69, 9.17) is 14.2 Å². The van der Waals surface area contributed by atoms with Crippen molar-refractivity contribution in [2.24, 2.45) is 10.8 Å². The van der Waals surface area contributed by atoms with Crippen molar-refractivity contribution in [1.29, 1.82) is 0 Å². The first-order valence-corrected chi connectivity index (χ1v) is 36.9. The molecule has 566 valence electrons. The van der Waals surface area contributed by atoms with E-state index in [2.05, 4.69) is 57.6 Å². The lowest BCUT2D eigenvalue weighted by atomic mass is 9.85. The van der Waals surface area contributed by atoms with Crippen LogP contribution in [0.2, 0.25) is 0 Å². The van der Waals surface area contributed by atoms with Crippen LogP contribution in [0.3, 0.4) is 0 Å². The van der Waals surface area contributed by atoms with E-state index in [0.717, 1.165) is 10.8 Å². The molecule has 6 aliphatic heterocycles. The molecule has 0 radical (unpaired) electrons. The summed E-state index contributed by atoms with van der Waals surface area (Å²) in [7, 11) is -0.905. The molecule has 10 N–H and O–H groups in total. The lowest BCUT2D eigenvalue weighted by Crippen LogP contribution is -2.60. The number of carboxylic acids is 1. The quantitative estimate of drug-likeness (QED) is 0.0711. The number of fused-ring (bicyclic) bond motifs is 1. The molecule has 5 aromatic rings. The monoisotopic (exact) mass is 1470 g/mol. The van der Waals surface area contributed by atoms with Gasteiger partial charge in [-0.3, -0.25) is 47.9 Å². The predicted octanol–water partition coefficient (Wildman–Crippen LogP) is 2.04. The summed E-state index contributed by atoms with van der Waals surface area (Å²) >= 11 is 0. The van der Waals surface area contributed by atoms with Crippen molar-refractivity contribution in [1.82, 2.24) is 72.1 Å². The minimum atomic E-state index is -4.11. The van der Waals surface area contributed by atoms with Crippen LogP contribution >= 0.6 is 0 Å². The Balaban J connectivity index is 1.02. The van der Waals surface area contributed by atoms with Gasteiger partial charge >= 0.3 is 5.97 Å². The van der Waals surface area contributed by atoms with Crippen molar-refractivity contribution >= 4 is 79.9 Å². The number of nitrogens with one attached hydrogen (secondary N) is 9. The molecule has 1 aliphatic carbocycles. The molecule has 1 aromatic heterocycles. The number of hydrogen-bond acceptors (Lipinski definition) is 19. The maximum Gasteiger partial charge on any atom is 0.326 e. The molecule has 0 unspecified atom stereocenters. The second-order valence-corrected chi connectivity index (χ2v) is 31.5. The first-order chi connectivity index (χ1) is 49.7. The molecule has 105 heavy (non-hydrogen) atoms. The summed E-state index contributed by atoms with van der Waals surface area (Å²) in [6, 6.07) is 13.5. The third-order valence-electron chi connectivity index (χ3n) is 19.2. The highest BCUT2D eigenvalue weighted by Crippen LogP contribution is 2.33. The summed E-state index contributed by atoms with van der Waals surface area (Å²) < 4.78 is 48.3. The molecule has 2 saturated heterocycles. The molecular weight excluding hydrogens is 1370 g/mol. The highest BCUT2D eigenvalue weighted by Gasteiger charge is 2.49. The van der Waals surface area contributed by atoms with E-state index < -0.39 is 158 Å². The number of rotatable bonds is 14. The van der Waals surface area contributed by atoms with Gasteiger partial charge in [-0.1, -0.05) is 120 Å². The number of sulfonamides is 1. The van der Waals surface area contributed by atoms with E-state index in [-0.39, 0.29) is 65.0 Å². The number of amides is 9. The van der Waals surface area contributed by atoms with Gasteiger partial charge in [0.25, 0.3) is 5.91 Å². The molecule has 3 fully saturated rings. The summed E-state index contributed by atoms with van der Waals surface area (Å²) in [4.78, 5) is 145. The van der Waals surface area contributed by atoms with E-state index in [1.165, 1.54) is 21.4 Å². The molecule has 31 heteroatoms. The van der Waals surface area contributed by atoms with Crippen LogP contribution in [0, 0.1) is 10.8 Å². The number of benzene rings is 4. The summed E-state index contributed by atoms with van der Waals surface area (Å²) in [6.45, 7) is 15.0. The van der Waals surface area contributed by atoms with Crippen LogP contribution in [0.25, 0.3) is 10.8 Å². The Morgan fingerprint density at radius 2 is 1.19 bits per heavy atom. The van der Waals surface area contributed by atoms with Gasteiger partial charge in [-0.25, -0.2) is 17.9 Å². The number of carboxylic acid groups (broad SMARTS) is 1. The number of ether oxygens (including phenoxy) is 3. The van der Waals surface area contributed by atoms with E-state index in [1.807, 2.05) is 42.5 Å². The Morgan fingerprint density at radius 1 is 0.648 bits per heavy atom. The smallest absolute Gasteiger partial charge is 0.326 e. The second kappa shape index (κ2) is 34.4. The summed E-state index contributed by atoms with van der Waals surface area (Å²) in [5, 5.41) is 42.8. The normalized spacial score (nSPS) is 23.6. The topological polar surface area (TPSA) is 398 Å². The molecule has 4 aromatic carbocycles. The molecule has 1 saturated carbocycles. The lowest BCUT2D eigenvalue weighted by molar-refractivity contribution is -0.145. The van der Waals surface area contributed by atoms with E-state index in [9.17, 15) is 51.9 Å². The van der Waals surface area contributed by atoms with Gasteiger partial charge in [0.15, 0.2) is 0 Å². The van der Waals surface area contributed by atoms with Crippen LogP contribution < -0.4 is 56.7 Å². The molecule has 7 heterocycles. The predicted molar refractivity (Wildman–Crippen MR) is 387 cm³/mol. The average molecular weight is 1470 g/mol. The maximum atomic E-state index is 15.2. The number of hydrogen-bond donors (Lipinski definition) is 10. The molecule has 12 atom stereocenters. The van der Waals surface area contributed by atoms with Gasteiger partial charge in [0.05, 0.1) is 42.3 Å². The Labute approximate surface area is 611 Å². The van der Waals surface area contributed by atoms with Crippen LogP contribution in [0.4, 0.5) is 0 Å². The van der Waals surface area contributed by atoms with Crippen molar-refractivity contribution in [2.45, 2.75) is 192 Å². The van der Waals surface area contributed by atoms with Gasteiger partial charge < -0.3 is 71.7 Å². The van der Waals surface area contributed by atoms with Crippen LogP contribution in [-0.2, 0) is 88.6 Å². The zero-order valence-electron chi connectivity index (χ0n) is 61.1. The number of aromatic nitrogens is 3. The van der Waals surface area contributed by atoms with Gasteiger partial charge in [0.1, 0.15) is 78.7 Å². The summed E-state index contributed by atoms with van der Waals surface area (Å²) in [5.74, 6) is -6.88. The van der Waals surface area contributed by atoms with Crippen molar-refractivity contribution < 1.29 is 75.7 Å². The number of aliphatic carboxylic acids is 1. The third kappa shape index (κ3) is 21.0. The van der Waals surface area contributed by atoms with Gasteiger partial charge in [-0.15, -0.1) is 5.10 Å². The van der Waals surface area contributed by atoms with E-state index >= 15 is 9.59 Å². The van der Waals surface area contributed by atoms with Crippen LogP contribution in [0.15, 0.2) is 109 Å². The Morgan fingerprint density at radius 3 is 1.77 bits per heavy atom. The standard InChI is InChI=1S/C74H98N14O16S/c1-42(75-10)63(89)81-61(73(4,5)6)70(96)86-39-51-36-59(86)69(95)79-56(35-47-18-23-48-16-12-13-17-49(48)32-47)66(92)80-58(72(98)99)34-46-19-24-52(25-20-46)102-30-14-15-31-103-54-37-60(87(40-54)71(97)62(74(7,8)9)82-64(90)43(2)76-11)68(94)77-44(3)65(91)78-57(67(93)84-105(100,101)55-28-29-55)33-45-21-26-53(27-22-45)104-41-50-38-88(51)85-83-50/h12-27,32,38,42-44,51,54-62,75-76H,28-31,33-37,39-41H2,1-11H3,(H,77,94)(H,78,91)(H,79,95)(H,80,92)(H,81,89)(H,82,90)(H,84,93)(H,98,99)/b15-14+/t42-,43-,44-,51-,54-,56-,57-,58-,59-,60-,61+,62+/m0/s1.